The van der Waals surface area contributed by atoms with Crippen LogP contribution in [0.3, 0.4) is 0 Å². The van der Waals surface area contributed by atoms with E-state index in [1.54, 1.807) is 0 Å². The van der Waals surface area contributed by atoms with E-state index in [4.69, 9.17) is 13.3 Å². The highest BCUT2D eigenvalue weighted by Gasteiger charge is 2.45. The Kier molecular flexibility index (Phi) is 12.5. The standard InChI is InChI=1S/C14H32O3SSi/c1-5-8-11-15-19(14(4)18,16-12-9-6-2)17-13-10-7-3/h14,18H,5-13H2,1-4H3. The Hall–Kier alpha value is 0.447. The van der Waals surface area contributed by atoms with Gasteiger partial charge in [-0.05, 0) is 26.2 Å². The van der Waals surface area contributed by atoms with Crippen molar-refractivity contribution in [1.29, 1.82) is 0 Å². The topological polar surface area (TPSA) is 27.7 Å². The van der Waals surface area contributed by atoms with Gasteiger partial charge in [0.05, 0.1) is 4.87 Å². The van der Waals surface area contributed by atoms with E-state index in [0.717, 1.165) is 38.5 Å². The lowest BCUT2D eigenvalue weighted by Crippen LogP contribution is -2.54. The van der Waals surface area contributed by atoms with Crippen molar-refractivity contribution in [3.63, 3.8) is 0 Å². The van der Waals surface area contributed by atoms with Crippen LogP contribution in [0.25, 0.3) is 0 Å². The van der Waals surface area contributed by atoms with E-state index in [1.807, 2.05) is 6.92 Å². The van der Waals surface area contributed by atoms with Crippen molar-refractivity contribution in [3.05, 3.63) is 0 Å². The van der Waals surface area contributed by atoms with E-state index in [-0.39, 0.29) is 4.87 Å². The average Bonchev–Trinajstić information content (AvgIpc) is 2.38. The molecule has 19 heavy (non-hydrogen) atoms. The fourth-order valence-corrected chi connectivity index (χ4v) is 4.49. The quantitative estimate of drug-likeness (QED) is 0.313. The lowest BCUT2D eigenvalue weighted by molar-refractivity contribution is 0.0559. The maximum absolute atomic E-state index is 6.04. The minimum atomic E-state index is -2.62. The van der Waals surface area contributed by atoms with Gasteiger partial charge in [0.15, 0.2) is 0 Å². The molecule has 0 N–H and O–H groups in total. The summed E-state index contributed by atoms with van der Waals surface area (Å²) in [5.41, 5.74) is 0. The molecular weight excluding hydrogens is 276 g/mol. The summed E-state index contributed by atoms with van der Waals surface area (Å²) in [7, 11) is -2.62. The second-order valence-electron chi connectivity index (χ2n) is 4.89. The second-order valence-corrected chi connectivity index (χ2v) is 9.09. The normalized spacial score (nSPS) is 13.7. The van der Waals surface area contributed by atoms with Crippen LogP contribution in [-0.2, 0) is 13.3 Å². The van der Waals surface area contributed by atoms with Gasteiger partial charge in [0, 0.05) is 19.8 Å². The molecule has 0 aliphatic rings. The lowest BCUT2D eigenvalue weighted by Gasteiger charge is -2.32. The zero-order valence-corrected chi connectivity index (χ0v) is 15.0. The first-order valence-corrected chi connectivity index (χ1v) is 10.0. The number of hydrogen-bond donors (Lipinski definition) is 1. The summed E-state index contributed by atoms with van der Waals surface area (Å²) < 4.78 is 18.1. The van der Waals surface area contributed by atoms with Crippen molar-refractivity contribution in [2.24, 2.45) is 0 Å². The van der Waals surface area contributed by atoms with Gasteiger partial charge < -0.3 is 13.3 Å². The molecule has 116 valence electrons. The largest absolute Gasteiger partial charge is 0.514 e. The van der Waals surface area contributed by atoms with Crippen LogP contribution < -0.4 is 0 Å². The van der Waals surface area contributed by atoms with Crippen LogP contribution in [0.5, 0.6) is 0 Å². The first-order valence-electron chi connectivity index (χ1n) is 7.72. The Morgan fingerprint density at radius 1 is 0.789 bits per heavy atom. The smallest absolute Gasteiger partial charge is 0.373 e. The minimum Gasteiger partial charge on any atom is -0.373 e. The summed E-state index contributed by atoms with van der Waals surface area (Å²) in [6, 6.07) is 0. The Balaban J connectivity index is 4.48. The summed E-state index contributed by atoms with van der Waals surface area (Å²) in [5.74, 6) is 0. The maximum Gasteiger partial charge on any atom is 0.514 e. The molecule has 0 aromatic rings. The Morgan fingerprint density at radius 3 is 1.32 bits per heavy atom. The van der Waals surface area contributed by atoms with Crippen molar-refractivity contribution in [1.82, 2.24) is 0 Å². The van der Waals surface area contributed by atoms with Gasteiger partial charge in [0.2, 0.25) is 0 Å². The summed E-state index contributed by atoms with van der Waals surface area (Å²) in [6.07, 6.45) is 6.50. The van der Waals surface area contributed by atoms with Crippen molar-refractivity contribution < 1.29 is 13.3 Å². The van der Waals surface area contributed by atoms with Crippen molar-refractivity contribution in [3.8, 4) is 0 Å². The predicted octanol–water partition coefficient (Wildman–Crippen LogP) is 4.23. The van der Waals surface area contributed by atoms with Gasteiger partial charge in [-0.3, -0.25) is 0 Å². The third-order valence-electron chi connectivity index (χ3n) is 2.92. The monoisotopic (exact) mass is 308 g/mol. The molecule has 0 aliphatic heterocycles. The first-order chi connectivity index (χ1) is 9.13. The highest BCUT2D eigenvalue weighted by molar-refractivity contribution is 7.82. The summed E-state index contributed by atoms with van der Waals surface area (Å²) in [4.78, 5) is 0.0260. The van der Waals surface area contributed by atoms with Crippen LogP contribution in [-0.4, -0.2) is 33.5 Å². The molecule has 0 fully saturated rings. The van der Waals surface area contributed by atoms with Gasteiger partial charge in [-0.15, -0.1) is 0 Å². The van der Waals surface area contributed by atoms with Crippen LogP contribution in [0.15, 0.2) is 0 Å². The molecule has 0 heterocycles. The highest BCUT2D eigenvalue weighted by Crippen LogP contribution is 2.21. The Morgan fingerprint density at radius 2 is 1.11 bits per heavy atom. The molecule has 0 radical (unpaired) electrons. The SMILES string of the molecule is CCCCO[Si](OCCCC)(OCCCC)C(C)S. The number of hydrogen-bond acceptors (Lipinski definition) is 4. The Labute approximate surface area is 126 Å². The fraction of sp³-hybridized carbons (Fsp3) is 1.00. The number of rotatable bonds is 13. The van der Waals surface area contributed by atoms with E-state index in [2.05, 4.69) is 33.4 Å². The summed E-state index contributed by atoms with van der Waals surface area (Å²) in [6.45, 7) is 10.6. The molecule has 0 aromatic carbocycles. The minimum absolute atomic E-state index is 0.0260. The summed E-state index contributed by atoms with van der Waals surface area (Å²) in [5, 5.41) is 0. The molecule has 0 spiro atoms. The van der Waals surface area contributed by atoms with Crippen LogP contribution in [0.1, 0.15) is 66.2 Å². The van der Waals surface area contributed by atoms with Crippen LogP contribution in [0, 0.1) is 0 Å². The molecule has 0 aromatic heterocycles. The molecule has 0 bridgehead atoms. The van der Waals surface area contributed by atoms with Gasteiger partial charge >= 0.3 is 8.80 Å². The van der Waals surface area contributed by atoms with Gasteiger partial charge in [-0.1, -0.05) is 40.0 Å². The number of unbranched alkanes of at least 4 members (excludes halogenated alkanes) is 3. The molecule has 0 saturated carbocycles. The number of thiol groups is 1. The lowest BCUT2D eigenvalue weighted by atomic mass is 10.4. The molecule has 5 heteroatoms. The van der Waals surface area contributed by atoms with Gasteiger partial charge in [-0.25, -0.2) is 0 Å². The molecule has 3 nitrogen and oxygen atoms in total. The van der Waals surface area contributed by atoms with E-state index in [0.29, 0.717) is 19.8 Å². The van der Waals surface area contributed by atoms with E-state index in [1.165, 1.54) is 0 Å². The van der Waals surface area contributed by atoms with Gasteiger partial charge in [0.25, 0.3) is 0 Å². The van der Waals surface area contributed by atoms with Crippen LogP contribution >= 0.6 is 12.6 Å². The second kappa shape index (κ2) is 12.2. The van der Waals surface area contributed by atoms with E-state index >= 15 is 0 Å². The molecule has 0 aliphatic carbocycles. The molecule has 1 atom stereocenters. The van der Waals surface area contributed by atoms with Crippen molar-refractivity contribution >= 4 is 21.4 Å². The first kappa shape index (κ1) is 19.4. The van der Waals surface area contributed by atoms with Crippen molar-refractivity contribution in [2.75, 3.05) is 19.8 Å². The third-order valence-corrected chi connectivity index (χ3v) is 6.71. The van der Waals surface area contributed by atoms with Gasteiger partial charge in [-0.2, -0.15) is 12.6 Å². The fourth-order valence-electron chi connectivity index (χ4n) is 1.56. The molecular formula is C14H32O3SSi. The predicted molar refractivity (Wildman–Crippen MR) is 86.8 cm³/mol. The van der Waals surface area contributed by atoms with E-state index < -0.39 is 8.80 Å². The zero-order chi connectivity index (χ0) is 14.6. The van der Waals surface area contributed by atoms with Crippen molar-refractivity contribution in [2.45, 2.75) is 71.1 Å². The highest BCUT2D eigenvalue weighted by atomic mass is 32.1. The zero-order valence-electron chi connectivity index (χ0n) is 13.1. The maximum atomic E-state index is 6.04. The molecule has 0 saturated heterocycles. The average molecular weight is 309 g/mol. The molecule has 0 rings (SSSR count). The Bertz CT molecular complexity index is 177. The van der Waals surface area contributed by atoms with E-state index in [9.17, 15) is 0 Å². The van der Waals surface area contributed by atoms with Crippen LogP contribution in [0.4, 0.5) is 0 Å². The summed E-state index contributed by atoms with van der Waals surface area (Å²) >= 11 is 4.57. The van der Waals surface area contributed by atoms with Crippen LogP contribution in [0.2, 0.25) is 0 Å². The van der Waals surface area contributed by atoms with Gasteiger partial charge in [0.1, 0.15) is 0 Å². The third kappa shape index (κ3) is 8.35. The molecule has 1 unspecified atom stereocenters. The molecule has 0 amide bonds.